The van der Waals surface area contributed by atoms with Gasteiger partial charge >= 0.3 is 5.97 Å². The van der Waals surface area contributed by atoms with E-state index in [2.05, 4.69) is 5.32 Å². The van der Waals surface area contributed by atoms with Gasteiger partial charge in [-0.1, -0.05) is 48.5 Å². The molecule has 2 aromatic rings. The Balaban J connectivity index is 2.05. The minimum absolute atomic E-state index is 0.0612. The highest BCUT2D eigenvalue weighted by Crippen LogP contribution is 2.38. The molecule has 1 saturated heterocycles. The lowest BCUT2D eigenvalue weighted by Gasteiger charge is -2.29. The number of esters is 1. The Kier molecular flexibility index (Phi) is 6.01. The maximum Gasteiger partial charge on any atom is 0.328 e. The number of carbonyl (C=O) groups is 2. The van der Waals surface area contributed by atoms with E-state index < -0.39 is 23.5 Å². The second-order valence-corrected chi connectivity index (χ2v) is 7.03. The highest BCUT2D eigenvalue weighted by Gasteiger charge is 2.45. The van der Waals surface area contributed by atoms with Gasteiger partial charge in [0.15, 0.2) is 0 Å². The first-order chi connectivity index (χ1) is 12.9. The van der Waals surface area contributed by atoms with Gasteiger partial charge in [0.2, 0.25) is 5.60 Å². The van der Waals surface area contributed by atoms with Gasteiger partial charge in [0, 0.05) is 29.1 Å². The van der Waals surface area contributed by atoms with Crippen LogP contribution in [0.3, 0.4) is 0 Å². The molecule has 8 heteroatoms. The summed E-state index contributed by atoms with van der Waals surface area (Å²) in [4.78, 5) is 25.1. The van der Waals surface area contributed by atoms with Crippen molar-refractivity contribution in [1.82, 2.24) is 9.25 Å². The van der Waals surface area contributed by atoms with E-state index in [0.29, 0.717) is 6.42 Å². The van der Waals surface area contributed by atoms with Gasteiger partial charge < -0.3 is 15.2 Å². The molecule has 3 rings (SSSR count). The molecule has 0 aliphatic carbocycles. The van der Waals surface area contributed by atoms with Crippen LogP contribution in [-0.2, 0) is 15.2 Å². The van der Waals surface area contributed by atoms with E-state index in [1.165, 1.54) is 12.1 Å². The lowest BCUT2D eigenvalue weighted by atomic mass is 9.85. The van der Waals surface area contributed by atoms with Crippen LogP contribution >= 0.6 is 23.6 Å². The summed E-state index contributed by atoms with van der Waals surface area (Å²) in [6.07, 6.45) is 1.54. The number of nitrogens with zero attached hydrogens (tertiary/aromatic N) is 1. The summed E-state index contributed by atoms with van der Waals surface area (Å²) in [5.74, 6) is -1.40. The minimum Gasteiger partial charge on any atom is -0.425 e. The molecule has 1 amide bonds. The van der Waals surface area contributed by atoms with E-state index in [-0.39, 0.29) is 20.8 Å². The number of amides is 1. The smallest absolute Gasteiger partial charge is 0.328 e. The second-order valence-electron chi connectivity index (χ2n) is 6.18. The van der Waals surface area contributed by atoms with Crippen molar-refractivity contribution in [3.8, 4) is 5.75 Å². The fourth-order valence-electron chi connectivity index (χ4n) is 3.12. The summed E-state index contributed by atoms with van der Waals surface area (Å²) >= 11 is 11.3. The number of halogens is 2. The number of para-hydroxylation sites is 1. The van der Waals surface area contributed by atoms with Crippen LogP contribution < -0.4 is 10.1 Å². The molecule has 0 bridgehead atoms. The Labute approximate surface area is 166 Å². The summed E-state index contributed by atoms with van der Waals surface area (Å²) in [6.45, 7) is 0.737. The molecule has 2 aromatic carbocycles. The summed E-state index contributed by atoms with van der Waals surface area (Å²) in [7, 11) is 0. The molecule has 2 N–H and O–H groups in total. The standard InChI is InChI=1S/C19H18Cl2N2O4/c20-23(21)18(25)19(26,13-7-2-1-3-8-13)14-9-4-5-11-16(14)27-17(24)15-10-6-12-22-15/h1-5,7-9,11,15,22,26H,6,10,12H2. The predicted molar refractivity (Wildman–Crippen MR) is 101 cm³/mol. The Morgan fingerprint density at radius 2 is 1.78 bits per heavy atom. The quantitative estimate of drug-likeness (QED) is 0.451. The van der Waals surface area contributed by atoms with Gasteiger partial charge in [-0.05, 0) is 31.0 Å². The van der Waals surface area contributed by atoms with Gasteiger partial charge in [-0.25, -0.2) is 4.79 Å². The molecule has 6 nitrogen and oxygen atoms in total. The van der Waals surface area contributed by atoms with Crippen molar-refractivity contribution in [2.45, 2.75) is 24.5 Å². The monoisotopic (exact) mass is 408 g/mol. The van der Waals surface area contributed by atoms with Crippen LogP contribution in [0.5, 0.6) is 5.75 Å². The van der Waals surface area contributed by atoms with Crippen molar-refractivity contribution < 1.29 is 19.4 Å². The van der Waals surface area contributed by atoms with Crippen molar-refractivity contribution in [2.75, 3.05) is 6.54 Å². The third kappa shape index (κ3) is 3.94. The molecule has 0 saturated carbocycles. The van der Waals surface area contributed by atoms with Crippen molar-refractivity contribution in [2.24, 2.45) is 0 Å². The molecule has 0 spiro atoms. The van der Waals surface area contributed by atoms with E-state index in [1.807, 2.05) is 0 Å². The third-order valence-corrected chi connectivity index (χ3v) is 4.79. The van der Waals surface area contributed by atoms with E-state index in [1.54, 1.807) is 42.5 Å². The molecule has 2 unspecified atom stereocenters. The first-order valence-electron chi connectivity index (χ1n) is 8.43. The van der Waals surface area contributed by atoms with Crippen LogP contribution in [0.25, 0.3) is 0 Å². The van der Waals surface area contributed by atoms with E-state index in [0.717, 1.165) is 13.0 Å². The normalized spacial score (nSPS) is 18.6. The average Bonchev–Trinajstić information content (AvgIpc) is 3.23. The van der Waals surface area contributed by atoms with E-state index in [9.17, 15) is 14.7 Å². The molecule has 1 heterocycles. The van der Waals surface area contributed by atoms with Gasteiger partial charge in [0.25, 0.3) is 5.91 Å². The number of rotatable bonds is 5. The molecule has 1 fully saturated rings. The van der Waals surface area contributed by atoms with Gasteiger partial charge in [0.1, 0.15) is 11.8 Å². The maximum absolute atomic E-state index is 12.7. The number of nitrogens with one attached hydrogen (secondary N) is 1. The molecule has 2 atom stereocenters. The lowest BCUT2D eigenvalue weighted by Crippen LogP contribution is -2.42. The molecular weight excluding hydrogens is 391 g/mol. The zero-order chi connectivity index (χ0) is 19.4. The second kappa shape index (κ2) is 8.27. The van der Waals surface area contributed by atoms with Crippen molar-refractivity contribution in [3.63, 3.8) is 0 Å². The number of carbonyl (C=O) groups excluding carboxylic acids is 2. The van der Waals surface area contributed by atoms with Crippen LogP contribution in [0.15, 0.2) is 54.6 Å². The maximum atomic E-state index is 12.7. The first-order valence-corrected chi connectivity index (χ1v) is 9.11. The fourth-order valence-corrected chi connectivity index (χ4v) is 3.36. The summed E-state index contributed by atoms with van der Waals surface area (Å²) in [5, 5.41) is 14.4. The zero-order valence-corrected chi connectivity index (χ0v) is 15.8. The van der Waals surface area contributed by atoms with Crippen LogP contribution in [0.1, 0.15) is 24.0 Å². The van der Waals surface area contributed by atoms with Crippen LogP contribution in [0.4, 0.5) is 0 Å². The number of hydrogen-bond acceptors (Lipinski definition) is 5. The summed E-state index contributed by atoms with van der Waals surface area (Å²) < 4.78 is 5.78. The lowest BCUT2D eigenvalue weighted by molar-refractivity contribution is -0.141. The zero-order valence-electron chi connectivity index (χ0n) is 14.3. The molecule has 1 aliphatic heterocycles. The summed E-state index contributed by atoms with van der Waals surface area (Å²) in [6, 6.07) is 14.0. The number of aliphatic hydroxyl groups is 1. The molecule has 1 aliphatic rings. The average molecular weight is 409 g/mol. The fraction of sp³-hybridized carbons (Fsp3) is 0.263. The highest BCUT2D eigenvalue weighted by molar-refractivity contribution is 6.42. The van der Waals surface area contributed by atoms with Gasteiger partial charge in [-0.15, -0.1) is 0 Å². The van der Waals surface area contributed by atoms with E-state index >= 15 is 0 Å². The Morgan fingerprint density at radius 3 is 2.41 bits per heavy atom. The molecule has 142 valence electrons. The van der Waals surface area contributed by atoms with Crippen molar-refractivity contribution in [1.29, 1.82) is 0 Å². The highest BCUT2D eigenvalue weighted by atomic mass is 35.5. The number of hydrogen-bond donors (Lipinski definition) is 2. The SMILES string of the molecule is O=C(Oc1ccccc1C(O)(C(=O)N(Cl)Cl)c1ccccc1)C1CCCN1. The topological polar surface area (TPSA) is 78.9 Å². The largest absolute Gasteiger partial charge is 0.425 e. The molecule has 0 aromatic heterocycles. The predicted octanol–water partition coefficient (Wildman–Crippen LogP) is 2.72. The minimum atomic E-state index is -2.23. The molecule has 0 radical (unpaired) electrons. The van der Waals surface area contributed by atoms with Gasteiger partial charge in [0.05, 0.1) is 0 Å². The first kappa shape index (κ1) is 19.6. The Morgan fingerprint density at radius 1 is 1.11 bits per heavy atom. The molecular formula is C19H18Cl2N2O4. The van der Waals surface area contributed by atoms with E-state index in [4.69, 9.17) is 28.3 Å². The number of ether oxygens (including phenoxy) is 1. The summed E-state index contributed by atoms with van der Waals surface area (Å²) in [5.41, 5.74) is -1.92. The Hall–Kier alpha value is -2.12. The molecule has 27 heavy (non-hydrogen) atoms. The van der Waals surface area contributed by atoms with Crippen LogP contribution in [-0.4, -0.2) is 33.5 Å². The van der Waals surface area contributed by atoms with Crippen molar-refractivity contribution >= 4 is 35.4 Å². The Bertz CT molecular complexity index is 825. The van der Waals surface area contributed by atoms with Gasteiger partial charge in [-0.2, -0.15) is 3.94 Å². The number of benzene rings is 2. The van der Waals surface area contributed by atoms with Crippen LogP contribution in [0.2, 0.25) is 0 Å². The van der Waals surface area contributed by atoms with Crippen molar-refractivity contribution in [3.05, 3.63) is 65.7 Å². The van der Waals surface area contributed by atoms with Crippen LogP contribution in [0, 0.1) is 0 Å². The third-order valence-electron chi connectivity index (χ3n) is 4.49. The van der Waals surface area contributed by atoms with Gasteiger partial charge in [-0.3, -0.25) is 4.79 Å².